The largest absolute Gasteiger partial charge is 0.379 e. The van der Waals surface area contributed by atoms with E-state index in [0.29, 0.717) is 0 Å². The average Bonchev–Trinajstić information content (AvgIpc) is 2.84. The molecule has 0 atom stereocenters. The van der Waals surface area contributed by atoms with Gasteiger partial charge in [-0.2, -0.15) is 5.26 Å². The molecule has 1 aliphatic rings. The molecule has 13 heavy (non-hydrogen) atoms. The Morgan fingerprint density at radius 2 is 2.08 bits per heavy atom. The van der Waals surface area contributed by atoms with Gasteiger partial charge in [-0.3, -0.25) is 0 Å². The minimum atomic E-state index is 0.243. The van der Waals surface area contributed by atoms with Crippen LogP contribution in [0.4, 0.5) is 5.69 Å². The molecule has 0 spiro atoms. The van der Waals surface area contributed by atoms with Crippen LogP contribution in [-0.2, 0) is 0 Å². The summed E-state index contributed by atoms with van der Waals surface area (Å²) < 4.78 is 0. The summed E-state index contributed by atoms with van der Waals surface area (Å²) >= 11 is 0. The highest BCUT2D eigenvalue weighted by Crippen LogP contribution is 2.38. The molecule has 1 aliphatic carbocycles. The van der Waals surface area contributed by atoms with Crippen LogP contribution in [0.15, 0.2) is 24.3 Å². The van der Waals surface area contributed by atoms with E-state index in [2.05, 4.69) is 18.3 Å². The van der Waals surface area contributed by atoms with Gasteiger partial charge in [0.25, 0.3) is 0 Å². The first-order chi connectivity index (χ1) is 6.23. The van der Waals surface area contributed by atoms with Crippen molar-refractivity contribution >= 4 is 5.69 Å². The molecular weight excluding hydrogens is 160 g/mol. The van der Waals surface area contributed by atoms with Crippen molar-refractivity contribution in [3.05, 3.63) is 29.8 Å². The lowest BCUT2D eigenvalue weighted by Crippen LogP contribution is -2.16. The number of para-hydroxylation sites is 1. The Morgan fingerprint density at radius 3 is 2.69 bits per heavy atom. The SMILES string of the molecule is CC1(Nc2ccccc2C#N)CC1. The van der Waals surface area contributed by atoms with Crippen molar-refractivity contribution in [2.24, 2.45) is 0 Å². The van der Waals surface area contributed by atoms with E-state index in [9.17, 15) is 0 Å². The van der Waals surface area contributed by atoms with Gasteiger partial charge in [0.15, 0.2) is 0 Å². The molecule has 0 bridgehead atoms. The molecular formula is C11H12N2. The third-order valence-electron chi connectivity index (χ3n) is 2.48. The van der Waals surface area contributed by atoms with E-state index < -0.39 is 0 Å². The normalized spacial score (nSPS) is 17.5. The van der Waals surface area contributed by atoms with Crippen molar-refractivity contribution < 1.29 is 0 Å². The summed E-state index contributed by atoms with van der Waals surface area (Å²) in [6.45, 7) is 2.18. The van der Waals surface area contributed by atoms with Gasteiger partial charge in [-0.1, -0.05) is 12.1 Å². The molecule has 0 aliphatic heterocycles. The summed E-state index contributed by atoms with van der Waals surface area (Å²) in [5.74, 6) is 0. The van der Waals surface area contributed by atoms with E-state index in [0.717, 1.165) is 11.3 Å². The molecule has 66 valence electrons. The van der Waals surface area contributed by atoms with Crippen molar-refractivity contribution in [3.8, 4) is 6.07 Å². The van der Waals surface area contributed by atoms with Gasteiger partial charge in [-0.15, -0.1) is 0 Å². The second-order valence-electron chi connectivity index (χ2n) is 3.84. The van der Waals surface area contributed by atoms with Gasteiger partial charge in [0.05, 0.1) is 11.3 Å². The van der Waals surface area contributed by atoms with Gasteiger partial charge >= 0.3 is 0 Å². The van der Waals surface area contributed by atoms with Crippen molar-refractivity contribution in [2.45, 2.75) is 25.3 Å². The minimum absolute atomic E-state index is 0.243. The van der Waals surface area contributed by atoms with E-state index in [1.165, 1.54) is 12.8 Å². The lowest BCUT2D eigenvalue weighted by molar-refractivity contribution is 0.829. The molecule has 1 saturated carbocycles. The van der Waals surface area contributed by atoms with Crippen LogP contribution >= 0.6 is 0 Å². The number of nitriles is 1. The van der Waals surface area contributed by atoms with Crippen molar-refractivity contribution in [2.75, 3.05) is 5.32 Å². The summed E-state index contributed by atoms with van der Waals surface area (Å²) in [4.78, 5) is 0. The van der Waals surface area contributed by atoms with Crippen molar-refractivity contribution in [1.29, 1.82) is 5.26 Å². The van der Waals surface area contributed by atoms with Crippen LogP contribution in [0, 0.1) is 11.3 Å². The molecule has 1 fully saturated rings. The fourth-order valence-electron chi connectivity index (χ4n) is 1.33. The van der Waals surface area contributed by atoms with Gasteiger partial charge in [0.1, 0.15) is 6.07 Å². The first-order valence-corrected chi connectivity index (χ1v) is 4.51. The molecule has 2 rings (SSSR count). The number of anilines is 1. The molecule has 1 N–H and O–H groups in total. The minimum Gasteiger partial charge on any atom is -0.379 e. The quantitative estimate of drug-likeness (QED) is 0.744. The number of hydrogen-bond acceptors (Lipinski definition) is 2. The molecule has 2 heteroatoms. The first-order valence-electron chi connectivity index (χ1n) is 4.51. The number of rotatable bonds is 2. The summed E-state index contributed by atoms with van der Waals surface area (Å²) in [5.41, 5.74) is 1.94. The second kappa shape index (κ2) is 2.77. The highest BCUT2D eigenvalue weighted by molar-refractivity contribution is 5.59. The van der Waals surface area contributed by atoms with Crippen LogP contribution in [-0.4, -0.2) is 5.54 Å². The second-order valence-corrected chi connectivity index (χ2v) is 3.84. The first kappa shape index (κ1) is 8.12. The van der Waals surface area contributed by atoms with Crippen LogP contribution in [0.1, 0.15) is 25.3 Å². The Kier molecular flexibility index (Phi) is 1.73. The molecule has 0 amide bonds. The molecule has 2 nitrogen and oxygen atoms in total. The Balaban J connectivity index is 2.25. The zero-order valence-electron chi connectivity index (χ0n) is 7.67. The van der Waals surface area contributed by atoms with Gasteiger partial charge < -0.3 is 5.32 Å². The Labute approximate surface area is 78.2 Å². The molecule has 0 unspecified atom stereocenters. The van der Waals surface area contributed by atoms with Crippen LogP contribution in [0.25, 0.3) is 0 Å². The maximum atomic E-state index is 8.85. The van der Waals surface area contributed by atoms with Crippen molar-refractivity contribution in [3.63, 3.8) is 0 Å². The fourth-order valence-corrected chi connectivity index (χ4v) is 1.33. The van der Waals surface area contributed by atoms with Crippen LogP contribution in [0.3, 0.4) is 0 Å². The van der Waals surface area contributed by atoms with Gasteiger partial charge in [0.2, 0.25) is 0 Å². The van der Waals surface area contributed by atoms with Gasteiger partial charge in [-0.25, -0.2) is 0 Å². The van der Waals surface area contributed by atoms with Crippen molar-refractivity contribution in [1.82, 2.24) is 0 Å². The van der Waals surface area contributed by atoms with Gasteiger partial charge in [-0.05, 0) is 31.9 Å². The van der Waals surface area contributed by atoms with Crippen LogP contribution in [0.5, 0.6) is 0 Å². The highest BCUT2D eigenvalue weighted by atomic mass is 15.0. The Hall–Kier alpha value is -1.49. The zero-order valence-corrected chi connectivity index (χ0v) is 7.67. The molecule has 0 saturated heterocycles. The molecule has 1 aromatic carbocycles. The zero-order chi connectivity index (χ0) is 9.31. The molecule has 0 radical (unpaired) electrons. The third-order valence-corrected chi connectivity index (χ3v) is 2.48. The number of hydrogen-bond donors (Lipinski definition) is 1. The van der Waals surface area contributed by atoms with E-state index in [4.69, 9.17) is 5.26 Å². The monoisotopic (exact) mass is 172 g/mol. The molecule has 0 aromatic heterocycles. The summed E-state index contributed by atoms with van der Waals surface area (Å²) in [5, 5.41) is 12.2. The standard InChI is InChI=1S/C11H12N2/c1-11(6-7-11)13-10-5-3-2-4-9(10)8-12/h2-5,13H,6-7H2,1H3. The maximum absolute atomic E-state index is 8.85. The topological polar surface area (TPSA) is 35.8 Å². The van der Waals surface area contributed by atoms with Crippen LogP contribution in [0.2, 0.25) is 0 Å². The average molecular weight is 172 g/mol. The Bertz CT molecular complexity index is 359. The summed E-state index contributed by atoms with van der Waals surface area (Å²) in [7, 11) is 0. The number of nitrogens with one attached hydrogen (secondary N) is 1. The number of benzene rings is 1. The predicted octanol–water partition coefficient (Wildman–Crippen LogP) is 2.52. The summed E-state index contributed by atoms with van der Waals surface area (Å²) in [6.07, 6.45) is 2.40. The lowest BCUT2D eigenvalue weighted by atomic mass is 10.1. The molecule has 0 heterocycles. The lowest BCUT2D eigenvalue weighted by Gasteiger charge is -2.13. The van der Waals surface area contributed by atoms with E-state index in [1.54, 1.807) is 0 Å². The van der Waals surface area contributed by atoms with Crippen LogP contribution < -0.4 is 5.32 Å². The predicted molar refractivity (Wildman–Crippen MR) is 52.4 cm³/mol. The van der Waals surface area contributed by atoms with E-state index >= 15 is 0 Å². The smallest absolute Gasteiger partial charge is 0.101 e. The fraction of sp³-hybridized carbons (Fsp3) is 0.364. The maximum Gasteiger partial charge on any atom is 0.101 e. The summed E-state index contributed by atoms with van der Waals surface area (Å²) in [6, 6.07) is 9.83. The number of nitrogens with zero attached hydrogens (tertiary/aromatic N) is 1. The highest BCUT2D eigenvalue weighted by Gasteiger charge is 2.37. The van der Waals surface area contributed by atoms with Gasteiger partial charge in [0, 0.05) is 5.54 Å². The van der Waals surface area contributed by atoms with E-state index in [-0.39, 0.29) is 5.54 Å². The Morgan fingerprint density at radius 1 is 1.38 bits per heavy atom. The molecule has 1 aromatic rings. The van der Waals surface area contributed by atoms with E-state index in [1.807, 2.05) is 24.3 Å². The third kappa shape index (κ3) is 1.65.